The summed E-state index contributed by atoms with van der Waals surface area (Å²) in [5.41, 5.74) is 0.935. The normalized spacial score (nSPS) is 14.1. The van der Waals surface area contributed by atoms with Gasteiger partial charge in [0.05, 0.1) is 4.90 Å². The van der Waals surface area contributed by atoms with E-state index in [1.54, 1.807) is 18.2 Å². The monoisotopic (exact) mass is 338 g/mol. The highest BCUT2D eigenvalue weighted by atomic mass is 32.2. The van der Waals surface area contributed by atoms with Crippen molar-refractivity contribution in [3.63, 3.8) is 0 Å². The van der Waals surface area contributed by atoms with E-state index in [-0.39, 0.29) is 17.2 Å². The van der Waals surface area contributed by atoms with Crippen molar-refractivity contribution in [2.24, 2.45) is 5.92 Å². The molecule has 2 atom stereocenters. The van der Waals surface area contributed by atoms with Gasteiger partial charge in [0.15, 0.2) is 6.10 Å². The van der Waals surface area contributed by atoms with Crippen LogP contribution >= 0.6 is 0 Å². The van der Waals surface area contributed by atoms with Crippen LogP contribution in [0.3, 0.4) is 0 Å². The molecule has 0 aliphatic heterocycles. The first kappa shape index (κ1) is 19.1. The zero-order valence-electron chi connectivity index (χ0n) is 13.7. The molecule has 1 N–H and O–H groups in total. The second kappa shape index (κ2) is 8.09. The van der Waals surface area contributed by atoms with Crippen molar-refractivity contribution >= 4 is 16.0 Å². The summed E-state index contributed by atoms with van der Waals surface area (Å²) in [6, 6.07) is 7.08. The number of sulfonamides is 1. The molecule has 0 heterocycles. The molecule has 1 aromatic rings. The lowest BCUT2D eigenvalue weighted by molar-refractivity contribution is -0.148. The van der Waals surface area contributed by atoms with E-state index >= 15 is 0 Å². The van der Waals surface area contributed by atoms with E-state index < -0.39 is 28.1 Å². The summed E-state index contributed by atoms with van der Waals surface area (Å²) in [7, 11) is -3.84. The Kier molecular flexibility index (Phi) is 6.73. The molecule has 0 unspecified atom stereocenters. The highest BCUT2D eigenvalue weighted by molar-refractivity contribution is 7.89. The highest BCUT2D eigenvalue weighted by Crippen LogP contribution is 2.14. The molecular formula is C16H22N2O4S. The van der Waals surface area contributed by atoms with Gasteiger partial charge in [0.1, 0.15) is 12.1 Å². The molecule has 6 nitrogen and oxygen atoms in total. The van der Waals surface area contributed by atoms with E-state index in [1.165, 1.54) is 19.1 Å². The molecule has 0 aliphatic rings. The summed E-state index contributed by atoms with van der Waals surface area (Å²) < 4.78 is 32.1. The molecule has 0 saturated carbocycles. The molecule has 0 radical (unpaired) electrons. The van der Waals surface area contributed by atoms with Crippen LogP contribution in [0.2, 0.25) is 0 Å². The Morgan fingerprint density at radius 1 is 1.26 bits per heavy atom. The van der Waals surface area contributed by atoms with Crippen LogP contribution in [-0.2, 0) is 19.6 Å². The first-order chi connectivity index (χ1) is 10.7. The molecule has 0 saturated heterocycles. The summed E-state index contributed by atoms with van der Waals surface area (Å²) in [5, 5.41) is 8.72. The number of nitriles is 1. The fourth-order valence-electron chi connectivity index (χ4n) is 1.92. The topological polar surface area (TPSA) is 96.3 Å². The molecule has 0 aromatic heterocycles. The third-order valence-corrected chi connectivity index (χ3v) is 4.58. The number of hydrogen-bond acceptors (Lipinski definition) is 5. The number of rotatable bonds is 7. The van der Waals surface area contributed by atoms with Crippen molar-refractivity contribution in [3.8, 4) is 6.07 Å². The molecule has 0 aliphatic carbocycles. The number of ether oxygens (including phenoxy) is 1. The van der Waals surface area contributed by atoms with Gasteiger partial charge in [-0.05, 0) is 38.3 Å². The molecule has 7 heteroatoms. The van der Waals surface area contributed by atoms with Gasteiger partial charge in [-0.25, -0.2) is 8.42 Å². The van der Waals surface area contributed by atoms with Crippen LogP contribution in [0.4, 0.5) is 0 Å². The largest absolute Gasteiger partial charge is 0.446 e. The number of carbonyl (C=O) groups excluding carboxylic acids is 1. The van der Waals surface area contributed by atoms with E-state index in [0.717, 1.165) is 5.56 Å². The SMILES string of the molecule is Cc1ccc(S(=O)(=O)N[C@@H](CC(C)C)C(=O)O[C@H](C)C#N)cc1. The van der Waals surface area contributed by atoms with Gasteiger partial charge in [0.2, 0.25) is 10.0 Å². The third kappa shape index (κ3) is 6.00. The minimum atomic E-state index is -3.84. The molecule has 1 rings (SSSR count). The third-order valence-electron chi connectivity index (χ3n) is 3.10. The minimum Gasteiger partial charge on any atom is -0.446 e. The molecule has 0 bridgehead atoms. The smallest absolute Gasteiger partial charge is 0.325 e. The quantitative estimate of drug-likeness (QED) is 0.768. The Hall–Kier alpha value is -1.91. The maximum atomic E-state index is 12.4. The lowest BCUT2D eigenvalue weighted by atomic mass is 10.0. The predicted octanol–water partition coefficient (Wildman–Crippen LogP) is 2.14. The maximum absolute atomic E-state index is 12.4. The van der Waals surface area contributed by atoms with E-state index in [0.29, 0.717) is 0 Å². The number of nitrogens with zero attached hydrogens (tertiary/aromatic N) is 1. The van der Waals surface area contributed by atoms with Gasteiger partial charge >= 0.3 is 5.97 Å². The first-order valence-electron chi connectivity index (χ1n) is 7.35. The van der Waals surface area contributed by atoms with E-state index in [9.17, 15) is 13.2 Å². The van der Waals surface area contributed by atoms with Crippen LogP contribution < -0.4 is 4.72 Å². The van der Waals surface area contributed by atoms with Gasteiger partial charge in [-0.2, -0.15) is 9.98 Å². The van der Waals surface area contributed by atoms with Gasteiger partial charge in [-0.3, -0.25) is 4.79 Å². The van der Waals surface area contributed by atoms with Crippen molar-refractivity contribution in [3.05, 3.63) is 29.8 Å². The Morgan fingerprint density at radius 2 is 1.83 bits per heavy atom. The molecule has 23 heavy (non-hydrogen) atoms. The number of nitrogens with one attached hydrogen (secondary N) is 1. The van der Waals surface area contributed by atoms with Crippen LogP contribution in [-0.4, -0.2) is 26.5 Å². The predicted molar refractivity (Wildman–Crippen MR) is 85.9 cm³/mol. The van der Waals surface area contributed by atoms with Crippen LogP contribution in [0, 0.1) is 24.2 Å². The van der Waals surface area contributed by atoms with E-state index in [2.05, 4.69) is 4.72 Å². The molecule has 0 amide bonds. The summed E-state index contributed by atoms with van der Waals surface area (Å²) in [6.07, 6.45) is -0.650. The van der Waals surface area contributed by atoms with Crippen molar-refractivity contribution in [1.82, 2.24) is 4.72 Å². The molecular weight excluding hydrogens is 316 g/mol. The number of carbonyl (C=O) groups is 1. The molecule has 0 spiro atoms. The lowest BCUT2D eigenvalue weighted by Gasteiger charge is -2.20. The Morgan fingerprint density at radius 3 is 2.30 bits per heavy atom. The van der Waals surface area contributed by atoms with Crippen LogP contribution in [0.1, 0.15) is 32.8 Å². The Balaban J connectivity index is 2.97. The Bertz CT molecular complexity index is 675. The molecule has 0 fully saturated rings. The van der Waals surface area contributed by atoms with Gasteiger partial charge in [0.25, 0.3) is 0 Å². The zero-order chi connectivity index (χ0) is 17.6. The van der Waals surface area contributed by atoms with E-state index in [1.807, 2.05) is 20.8 Å². The zero-order valence-corrected chi connectivity index (χ0v) is 14.6. The van der Waals surface area contributed by atoms with Gasteiger partial charge in [-0.15, -0.1) is 0 Å². The fourth-order valence-corrected chi connectivity index (χ4v) is 3.12. The first-order valence-corrected chi connectivity index (χ1v) is 8.83. The number of benzene rings is 1. The molecule has 126 valence electrons. The standard InChI is InChI=1S/C16H22N2O4S/c1-11(2)9-15(16(19)22-13(4)10-17)18-23(20,21)14-7-5-12(3)6-8-14/h5-8,11,13,15,18H,9H2,1-4H3/t13-,15+/m1/s1. The van der Waals surface area contributed by atoms with E-state index in [4.69, 9.17) is 10.00 Å². The summed E-state index contributed by atoms with van der Waals surface area (Å²) in [5.74, 6) is -0.672. The van der Waals surface area contributed by atoms with Crippen molar-refractivity contribution < 1.29 is 17.9 Å². The van der Waals surface area contributed by atoms with Crippen molar-refractivity contribution in [1.29, 1.82) is 5.26 Å². The average Bonchev–Trinajstić information content (AvgIpc) is 2.46. The van der Waals surface area contributed by atoms with Crippen LogP contribution in [0.15, 0.2) is 29.2 Å². The lowest BCUT2D eigenvalue weighted by Crippen LogP contribution is -2.43. The maximum Gasteiger partial charge on any atom is 0.325 e. The molecule has 1 aromatic carbocycles. The summed E-state index contributed by atoms with van der Waals surface area (Å²) >= 11 is 0. The number of aryl methyl sites for hydroxylation is 1. The van der Waals surface area contributed by atoms with Crippen LogP contribution in [0.5, 0.6) is 0 Å². The van der Waals surface area contributed by atoms with Crippen molar-refractivity contribution in [2.75, 3.05) is 0 Å². The highest BCUT2D eigenvalue weighted by Gasteiger charge is 2.28. The second-order valence-corrected chi connectivity index (χ2v) is 7.54. The average molecular weight is 338 g/mol. The second-order valence-electron chi connectivity index (χ2n) is 5.82. The minimum absolute atomic E-state index is 0.0747. The number of esters is 1. The van der Waals surface area contributed by atoms with Gasteiger partial charge in [-0.1, -0.05) is 31.5 Å². The summed E-state index contributed by atoms with van der Waals surface area (Å²) in [6.45, 7) is 7.02. The van der Waals surface area contributed by atoms with Crippen LogP contribution in [0.25, 0.3) is 0 Å². The number of hydrogen-bond donors (Lipinski definition) is 1. The van der Waals surface area contributed by atoms with Crippen molar-refractivity contribution in [2.45, 2.75) is 51.2 Å². The van der Waals surface area contributed by atoms with Gasteiger partial charge < -0.3 is 4.74 Å². The van der Waals surface area contributed by atoms with Gasteiger partial charge in [0, 0.05) is 0 Å². The summed E-state index contributed by atoms with van der Waals surface area (Å²) in [4.78, 5) is 12.2. The fraction of sp³-hybridized carbons (Fsp3) is 0.500. The Labute approximate surface area is 137 Å².